The summed E-state index contributed by atoms with van der Waals surface area (Å²) < 4.78 is 3.25. The summed E-state index contributed by atoms with van der Waals surface area (Å²) >= 11 is 5.95. The van der Waals surface area contributed by atoms with Gasteiger partial charge in [-0.15, -0.1) is 0 Å². The number of hydrogen-bond acceptors (Lipinski definition) is 4. The van der Waals surface area contributed by atoms with E-state index in [0.717, 1.165) is 5.69 Å². The summed E-state index contributed by atoms with van der Waals surface area (Å²) in [6.07, 6.45) is 3.54. The van der Waals surface area contributed by atoms with Gasteiger partial charge in [0.25, 0.3) is 5.91 Å². The molecule has 8 nitrogen and oxygen atoms in total. The molecule has 9 heteroatoms. The van der Waals surface area contributed by atoms with Gasteiger partial charge in [0.15, 0.2) is 5.69 Å². The summed E-state index contributed by atoms with van der Waals surface area (Å²) in [7, 11) is 1.75. The van der Waals surface area contributed by atoms with Gasteiger partial charge >= 0.3 is 0 Å². The minimum atomic E-state index is -0.291. The Labute approximate surface area is 161 Å². The molecule has 2 heterocycles. The molecule has 2 aromatic heterocycles. The van der Waals surface area contributed by atoms with Crippen LogP contribution in [-0.4, -0.2) is 31.4 Å². The first kappa shape index (κ1) is 18.7. The molecule has 2 amide bonds. The third-order valence-electron chi connectivity index (χ3n) is 3.97. The topological polar surface area (TPSA) is 93.8 Å². The minimum Gasteiger partial charge on any atom is -0.326 e. The molecule has 0 saturated heterocycles. The van der Waals surface area contributed by atoms with E-state index in [2.05, 4.69) is 20.8 Å². The molecule has 27 heavy (non-hydrogen) atoms. The molecule has 0 radical (unpaired) electrons. The maximum Gasteiger partial charge on any atom is 0.276 e. The molecule has 0 spiro atoms. The average molecular weight is 387 g/mol. The van der Waals surface area contributed by atoms with Gasteiger partial charge < -0.3 is 10.6 Å². The molecule has 140 valence electrons. The molecule has 1 aromatic carbocycles. The number of aromatic nitrogens is 4. The number of rotatable bonds is 6. The van der Waals surface area contributed by atoms with Crippen molar-refractivity contribution in [2.45, 2.75) is 19.9 Å². The normalized spacial score (nSPS) is 10.6. The van der Waals surface area contributed by atoms with Crippen molar-refractivity contribution >= 4 is 34.8 Å². The summed E-state index contributed by atoms with van der Waals surface area (Å²) in [5.41, 5.74) is 2.43. The number of anilines is 2. The zero-order chi connectivity index (χ0) is 19.4. The van der Waals surface area contributed by atoms with Crippen LogP contribution in [0.25, 0.3) is 0 Å². The average Bonchev–Trinajstić information content (AvgIpc) is 3.22. The standard InChI is InChI=1S/C18H19ClN6O2/c1-12-15(19)11-20-25(12)10-8-17(26)21-13-3-5-14(6-4-13)22-18(27)16-7-9-24(2)23-16/h3-7,9,11H,8,10H2,1-2H3,(H,21,26)(H,22,27). The molecule has 3 aromatic rings. The van der Waals surface area contributed by atoms with E-state index >= 15 is 0 Å². The second-order valence-corrected chi connectivity index (χ2v) is 6.41. The number of nitrogens with one attached hydrogen (secondary N) is 2. The van der Waals surface area contributed by atoms with Crippen molar-refractivity contribution in [3.8, 4) is 0 Å². The number of aryl methyl sites for hydroxylation is 2. The first-order valence-electron chi connectivity index (χ1n) is 8.31. The molecule has 0 fully saturated rings. The molecule has 2 N–H and O–H groups in total. The Morgan fingerprint density at radius 1 is 1.11 bits per heavy atom. The van der Waals surface area contributed by atoms with Crippen LogP contribution in [0.1, 0.15) is 22.6 Å². The van der Waals surface area contributed by atoms with Crippen LogP contribution < -0.4 is 10.6 Å². The van der Waals surface area contributed by atoms with E-state index in [4.69, 9.17) is 11.6 Å². The van der Waals surface area contributed by atoms with Gasteiger partial charge in [-0.1, -0.05) is 11.6 Å². The van der Waals surface area contributed by atoms with Gasteiger partial charge in [-0.25, -0.2) is 0 Å². The lowest BCUT2D eigenvalue weighted by atomic mass is 10.2. The Bertz CT molecular complexity index is 961. The highest BCUT2D eigenvalue weighted by molar-refractivity contribution is 6.31. The lowest BCUT2D eigenvalue weighted by molar-refractivity contribution is -0.116. The minimum absolute atomic E-state index is 0.133. The fraction of sp³-hybridized carbons (Fsp3) is 0.222. The summed E-state index contributed by atoms with van der Waals surface area (Å²) in [5, 5.41) is 14.3. The first-order valence-corrected chi connectivity index (χ1v) is 8.69. The molecule has 3 rings (SSSR count). The monoisotopic (exact) mass is 386 g/mol. The molecular weight excluding hydrogens is 368 g/mol. The van der Waals surface area contributed by atoms with Gasteiger partial charge in [-0.05, 0) is 37.3 Å². The van der Waals surface area contributed by atoms with Crippen molar-refractivity contribution < 1.29 is 9.59 Å². The second kappa shape index (κ2) is 8.05. The zero-order valence-electron chi connectivity index (χ0n) is 14.9. The SMILES string of the molecule is Cc1c(Cl)cnn1CCC(=O)Nc1ccc(NC(=O)c2ccn(C)n2)cc1. The fourth-order valence-electron chi connectivity index (χ4n) is 2.45. The number of nitrogens with zero attached hydrogens (tertiary/aromatic N) is 4. The van der Waals surface area contributed by atoms with Crippen molar-refractivity contribution in [3.05, 3.63) is 59.1 Å². The Morgan fingerprint density at radius 3 is 2.33 bits per heavy atom. The molecular formula is C18H19ClN6O2. The molecule has 0 saturated carbocycles. The lowest BCUT2D eigenvalue weighted by Gasteiger charge is -2.08. The van der Waals surface area contributed by atoms with Crippen LogP contribution in [0.4, 0.5) is 11.4 Å². The molecule has 0 bridgehead atoms. The van der Waals surface area contributed by atoms with E-state index < -0.39 is 0 Å². The molecule has 0 aliphatic rings. The maximum atomic E-state index is 12.1. The fourth-order valence-corrected chi connectivity index (χ4v) is 2.59. The van der Waals surface area contributed by atoms with Crippen LogP contribution in [0, 0.1) is 6.92 Å². The van der Waals surface area contributed by atoms with Gasteiger partial charge in [0.1, 0.15) is 0 Å². The predicted molar refractivity (Wildman–Crippen MR) is 103 cm³/mol. The number of carbonyl (C=O) groups is 2. The lowest BCUT2D eigenvalue weighted by Crippen LogP contribution is -2.16. The number of hydrogen-bond donors (Lipinski definition) is 2. The van der Waals surface area contributed by atoms with Crippen LogP contribution in [0.2, 0.25) is 5.02 Å². The maximum absolute atomic E-state index is 12.1. The highest BCUT2D eigenvalue weighted by Gasteiger charge is 2.10. The van der Waals surface area contributed by atoms with Crippen LogP contribution in [0.15, 0.2) is 42.7 Å². The summed E-state index contributed by atoms with van der Waals surface area (Å²) in [6.45, 7) is 2.30. The van der Waals surface area contributed by atoms with Gasteiger partial charge in [0.2, 0.25) is 5.91 Å². The Kier molecular flexibility index (Phi) is 5.56. The third kappa shape index (κ3) is 4.73. The summed E-state index contributed by atoms with van der Waals surface area (Å²) in [4.78, 5) is 24.2. The van der Waals surface area contributed by atoms with E-state index in [1.807, 2.05) is 6.92 Å². The third-order valence-corrected chi connectivity index (χ3v) is 4.34. The van der Waals surface area contributed by atoms with Crippen molar-refractivity contribution in [3.63, 3.8) is 0 Å². The van der Waals surface area contributed by atoms with Crippen molar-refractivity contribution in [2.75, 3.05) is 10.6 Å². The Hall–Kier alpha value is -3.13. The first-order chi connectivity index (χ1) is 12.9. The molecule has 0 atom stereocenters. The predicted octanol–water partition coefficient (Wildman–Crippen LogP) is 2.86. The van der Waals surface area contributed by atoms with Gasteiger partial charge in [0.05, 0.1) is 23.5 Å². The van der Waals surface area contributed by atoms with Crippen LogP contribution in [-0.2, 0) is 18.4 Å². The molecule has 0 aliphatic heterocycles. The van der Waals surface area contributed by atoms with E-state index in [1.165, 1.54) is 0 Å². The molecule has 0 unspecified atom stereocenters. The summed E-state index contributed by atoms with van der Waals surface area (Å²) in [6, 6.07) is 8.52. The quantitative estimate of drug-likeness (QED) is 0.681. The highest BCUT2D eigenvalue weighted by Crippen LogP contribution is 2.16. The van der Waals surface area contributed by atoms with Crippen molar-refractivity contribution in [1.29, 1.82) is 0 Å². The Balaban J connectivity index is 1.51. The number of halogens is 1. The van der Waals surface area contributed by atoms with Crippen LogP contribution in [0.5, 0.6) is 0 Å². The number of carbonyl (C=O) groups excluding carboxylic acids is 2. The van der Waals surface area contributed by atoms with E-state index in [9.17, 15) is 9.59 Å². The smallest absolute Gasteiger partial charge is 0.276 e. The van der Waals surface area contributed by atoms with E-state index in [1.54, 1.807) is 59.1 Å². The summed E-state index contributed by atoms with van der Waals surface area (Å²) in [5.74, 6) is -0.424. The van der Waals surface area contributed by atoms with Gasteiger partial charge in [0, 0.05) is 31.0 Å². The van der Waals surface area contributed by atoms with E-state index in [-0.39, 0.29) is 18.2 Å². The Morgan fingerprint density at radius 2 is 1.78 bits per heavy atom. The van der Waals surface area contributed by atoms with Crippen LogP contribution >= 0.6 is 11.6 Å². The van der Waals surface area contributed by atoms with Crippen molar-refractivity contribution in [1.82, 2.24) is 19.6 Å². The van der Waals surface area contributed by atoms with Crippen molar-refractivity contribution in [2.24, 2.45) is 7.05 Å². The highest BCUT2D eigenvalue weighted by atomic mass is 35.5. The van der Waals surface area contributed by atoms with E-state index in [0.29, 0.717) is 28.6 Å². The van der Waals surface area contributed by atoms with Gasteiger partial charge in [-0.3, -0.25) is 19.0 Å². The second-order valence-electron chi connectivity index (χ2n) is 6.01. The largest absolute Gasteiger partial charge is 0.326 e. The van der Waals surface area contributed by atoms with Gasteiger partial charge in [-0.2, -0.15) is 10.2 Å². The number of amides is 2. The zero-order valence-corrected chi connectivity index (χ0v) is 15.7. The molecule has 0 aliphatic carbocycles. The van der Waals surface area contributed by atoms with Crippen LogP contribution in [0.3, 0.4) is 0 Å². The number of benzene rings is 1.